The van der Waals surface area contributed by atoms with E-state index in [2.05, 4.69) is 24.3 Å². The monoisotopic (exact) mass is 536 g/mol. The quantitative estimate of drug-likeness (QED) is 0.200. The van der Waals surface area contributed by atoms with Crippen LogP contribution < -0.4 is 0 Å². The maximum atomic E-state index is 11.1. The first-order chi connectivity index (χ1) is 19.1. The average molecular weight is 537 g/mol. The predicted octanol–water partition coefficient (Wildman–Crippen LogP) is 8.17. The van der Waals surface area contributed by atoms with Crippen molar-refractivity contribution >= 4 is 0 Å². The van der Waals surface area contributed by atoms with E-state index in [-0.39, 0.29) is 16.9 Å². The smallest absolute Gasteiger partial charge is 0.122 e. The van der Waals surface area contributed by atoms with E-state index in [1.807, 2.05) is 39.8 Å². The molecule has 0 unspecified atom stereocenters. The van der Waals surface area contributed by atoms with E-state index in [1.165, 1.54) is 17.5 Å². The normalized spacial score (nSPS) is 14.8. The number of hydrogen-bond donors (Lipinski definition) is 4. The van der Waals surface area contributed by atoms with Gasteiger partial charge < -0.3 is 20.4 Å². The van der Waals surface area contributed by atoms with E-state index >= 15 is 0 Å². The van der Waals surface area contributed by atoms with Crippen molar-refractivity contribution in [3.05, 3.63) is 116 Å². The Balaban J connectivity index is 1.62. The lowest BCUT2D eigenvalue weighted by Gasteiger charge is -2.40. The van der Waals surface area contributed by atoms with Gasteiger partial charge in [-0.15, -0.1) is 0 Å². The molecule has 0 aliphatic heterocycles. The van der Waals surface area contributed by atoms with Crippen molar-refractivity contribution in [3.8, 4) is 23.0 Å². The van der Waals surface area contributed by atoms with Crippen molar-refractivity contribution in [1.29, 1.82) is 0 Å². The Morgan fingerprint density at radius 2 is 0.925 bits per heavy atom. The standard InChI is InChI=1S/C36H40O4/c1-22-16-32(37)10-8-26(22)18-28-20-30(14-24(3)34(28)39)36(12-6-5-7-13-36)31-15-25(4)35(40)29(21-31)19-27-9-11-33(38)17-23(27)2/h8-11,14-17,20-21,37-40H,5-7,12-13,18-19H2,1-4H3. The summed E-state index contributed by atoms with van der Waals surface area (Å²) in [5.74, 6) is 1.15. The molecule has 0 spiro atoms. The number of benzene rings is 4. The van der Waals surface area contributed by atoms with Crippen LogP contribution in [0.25, 0.3) is 0 Å². The lowest BCUT2D eigenvalue weighted by molar-refractivity contribution is 0.344. The van der Waals surface area contributed by atoms with Crippen LogP contribution in [0.15, 0.2) is 60.7 Å². The first-order valence-corrected chi connectivity index (χ1v) is 14.3. The number of rotatable bonds is 6. The maximum absolute atomic E-state index is 11.1. The second-order valence-corrected chi connectivity index (χ2v) is 11.8. The van der Waals surface area contributed by atoms with Gasteiger partial charge in [0.25, 0.3) is 0 Å². The Kier molecular flexibility index (Phi) is 7.55. The summed E-state index contributed by atoms with van der Waals surface area (Å²) in [5.41, 5.74) is 9.88. The second kappa shape index (κ2) is 10.9. The molecule has 0 atom stereocenters. The highest BCUT2D eigenvalue weighted by atomic mass is 16.3. The van der Waals surface area contributed by atoms with Gasteiger partial charge in [-0.2, -0.15) is 0 Å². The molecular weight excluding hydrogens is 496 g/mol. The average Bonchev–Trinajstić information content (AvgIpc) is 2.92. The molecule has 208 valence electrons. The molecule has 4 aromatic carbocycles. The second-order valence-electron chi connectivity index (χ2n) is 11.8. The number of phenols is 4. The van der Waals surface area contributed by atoms with Gasteiger partial charge in [-0.05, 0) is 120 Å². The van der Waals surface area contributed by atoms with Crippen LogP contribution in [0.3, 0.4) is 0 Å². The molecule has 4 N–H and O–H groups in total. The molecule has 0 bridgehead atoms. The van der Waals surface area contributed by atoms with Gasteiger partial charge in [-0.1, -0.05) is 55.7 Å². The van der Waals surface area contributed by atoms with Crippen LogP contribution in [0.2, 0.25) is 0 Å². The first kappa shape index (κ1) is 27.6. The zero-order chi connectivity index (χ0) is 28.6. The number of hydrogen-bond acceptors (Lipinski definition) is 4. The molecule has 0 heterocycles. The fraction of sp³-hybridized carbons (Fsp3) is 0.333. The molecule has 1 aliphatic rings. The molecule has 5 rings (SSSR count). The Labute approximate surface area is 237 Å². The summed E-state index contributed by atoms with van der Waals surface area (Å²) in [5, 5.41) is 42.0. The fourth-order valence-electron chi connectivity index (χ4n) is 6.59. The van der Waals surface area contributed by atoms with E-state index in [1.54, 1.807) is 24.3 Å². The highest BCUT2D eigenvalue weighted by Crippen LogP contribution is 2.48. The predicted molar refractivity (Wildman–Crippen MR) is 161 cm³/mol. The summed E-state index contributed by atoms with van der Waals surface area (Å²) in [6, 6.07) is 19.5. The van der Waals surface area contributed by atoms with Crippen molar-refractivity contribution in [3.63, 3.8) is 0 Å². The molecule has 4 nitrogen and oxygen atoms in total. The van der Waals surface area contributed by atoms with Crippen molar-refractivity contribution in [2.45, 2.75) is 78.1 Å². The summed E-state index contributed by atoms with van der Waals surface area (Å²) >= 11 is 0. The fourth-order valence-corrected chi connectivity index (χ4v) is 6.59. The highest BCUT2D eigenvalue weighted by Gasteiger charge is 2.37. The van der Waals surface area contributed by atoms with Gasteiger partial charge >= 0.3 is 0 Å². The lowest BCUT2D eigenvalue weighted by Crippen LogP contribution is -2.31. The molecule has 1 saturated carbocycles. The van der Waals surface area contributed by atoms with Crippen molar-refractivity contribution in [1.82, 2.24) is 0 Å². The van der Waals surface area contributed by atoms with Crippen LogP contribution in [0.1, 0.15) is 87.7 Å². The summed E-state index contributed by atoms with van der Waals surface area (Å²) in [4.78, 5) is 0. The summed E-state index contributed by atoms with van der Waals surface area (Å²) < 4.78 is 0. The highest BCUT2D eigenvalue weighted by molar-refractivity contribution is 5.55. The van der Waals surface area contributed by atoms with Gasteiger partial charge in [-0.3, -0.25) is 0 Å². The molecule has 1 aliphatic carbocycles. The van der Waals surface area contributed by atoms with Gasteiger partial charge in [0.15, 0.2) is 0 Å². The van der Waals surface area contributed by atoms with E-state index < -0.39 is 0 Å². The Bertz CT molecular complexity index is 1450. The SMILES string of the molecule is Cc1cc(O)ccc1Cc1cc(C2(c3cc(C)c(O)c(Cc4ccc(O)cc4C)c3)CCCCC2)cc(C)c1O. The Morgan fingerprint density at radius 3 is 1.32 bits per heavy atom. The molecular formula is C36H40O4. The minimum atomic E-state index is -0.216. The van der Waals surface area contributed by atoms with Gasteiger partial charge in [0, 0.05) is 18.3 Å². The van der Waals surface area contributed by atoms with Gasteiger partial charge in [-0.25, -0.2) is 0 Å². The molecule has 1 fully saturated rings. The Morgan fingerprint density at radius 1 is 0.500 bits per heavy atom. The minimum absolute atomic E-state index is 0.216. The largest absolute Gasteiger partial charge is 0.508 e. The summed E-state index contributed by atoms with van der Waals surface area (Å²) in [7, 11) is 0. The van der Waals surface area contributed by atoms with E-state index in [4.69, 9.17) is 0 Å². The zero-order valence-corrected chi connectivity index (χ0v) is 24.0. The minimum Gasteiger partial charge on any atom is -0.508 e. The van der Waals surface area contributed by atoms with Gasteiger partial charge in [0.05, 0.1) is 0 Å². The van der Waals surface area contributed by atoms with Gasteiger partial charge in [0.2, 0.25) is 0 Å². The van der Waals surface area contributed by atoms with E-state index in [0.29, 0.717) is 24.3 Å². The zero-order valence-electron chi connectivity index (χ0n) is 24.0. The molecule has 0 aromatic heterocycles. The topological polar surface area (TPSA) is 80.9 Å². The van der Waals surface area contributed by atoms with Crippen molar-refractivity contribution in [2.75, 3.05) is 0 Å². The summed E-state index contributed by atoms with van der Waals surface area (Å²) in [6.45, 7) is 7.93. The van der Waals surface area contributed by atoms with Crippen LogP contribution >= 0.6 is 0 Å². The van der Waals surface area contributed by atoms with E-state index in [0.717, 1.165) is 70.2 Å². The molecule has 4 heteroatoms. The molecule has 0 amide bonds. The van der Waals surface area contributed by atoms with Crippen molar-refractivity contribution in [2.24, 2.45) is 0 Å². The van der Waals surface area contributed by atoms with Crippen LogP contribution in [0.5, 0.6) is 23.0 Å². The lowest BCUT2D eigenvalue weighted by atomic mass is 9.64. The molecule has 40 heavy (non-hydrogen) atoms. The van der Waals surface area contributed by atoms with Crippen molar-refractivity contribution < 1.29 is 20.4 Å². The number of aryl methyl sites for hydroxylation is 4. The number of aromatic hydroxyl groups is 4. The van der Waals surface area contributed by atoms with Gasteiger partial charge in [0.1, 0.15) is 23.0 Å². The third kappa shape index (κ3) is 5.28. The van der Waals surface area contributed by atoms with E-state index in [9.17, 15) is 20.4 Å². The first-order valence-electron chi connectivity index (χ1n) is 14.3. The third-order valence-electron chi connectivity index (χ3n) is 8.99. The van der Waals surface area contributed by atoms with Crippen LogP contribution in [-0.4, -0.2) is 20.4 Å². The van der Waals surface area contributed by atoms with Crippen LogP contribution in [-0.2, 0) is 18.3 Å². The van der Waals surface area contributed by atoms with Crippen LogP contribution in [0.4, 0.5) is 0 Å². The molecule has 0 radical (unpaired) electrons. The summed E-state index contributed by atoms with van der Waals surface area (Å²) in [6.07, 6.45) is 6.64. The Hall–Kier alpha value is -3.92. The maximum Gasteiger partial charge on any atom is 0.122 e. The third-order valence-corrected chi connectivity index (χ3v) is 8.99. The molecule has 4 aromatic rings. The number of phenolic OH excluding ortho intramolecular Hbond substituents is 4. The molecule has 0 saturated heterocycles. The van der Waals surface area contributed by atoms with Crippen LogP contribution in [0, 0.1) is 27.7 Å².